The Kier molecular flexibility index (Phi) is 2.86. The molecule has 0 amide bonds. The number of hydrogen-bond donors (Lipinski definition) is 2. The van der Waals surface area contributed by atoms with E-state index >= 15 is 0 Å². The third kappa shape index (κ3) is 2.48. The molecule has 0 unspecified atom stereocenters. The van der Waals surface area contributed by atoms with E-state index in [-0.39, 0.29) is 17.7 Å². The molecule has 2 aromatic rings. The Bertz CT molecular complexity index is 550. The van der Waals surface area contributed by atoms with Crippen LogP contribution in [-0.2, 0) is 7.05 Å². The van der Waals surface area contributed by atoms with E-state index in [4.69, 9.17) is 15.7 Å². The van der Waals surface area contributed by atoms with Gasteiger partial charge in [0.05, 0.1) is 0 Å². The Morgan fingerprint density at radius 1 is 1.53 bits per heavy atom. The van der Waals surface area contributed by atoms with Crippen LogP contribution in [0.5, 0.6) is 11.9 Å². The minimum Gasteiger partial charge on any atom is -0.409 e. The fraction of sp³-hybridized carbons (Fsp3) is 0.111. The molecule has 0 aliphatic rings. The quantitative estimate of drug-likeness (QED) is 0.337. The summed E-state index contributed by atoms with van der Waals surface area (Å²) < 4.78 is 6.79. The third-order valence-corrected chi connectivity index (χ3v) is 1.87. The fourth-order valence-electron chi connectivity index (χ4n) is 1.13. The molecule has 2 heterocycles. The van der Waals surface area contributed by atoms with Crippen LogP contribution in [0.3, 0.4) is 0 Å². The summed E-state index contributed by atoms with van der Waals surface area (Å²) in [6, 6.07) is 5.05. The molecule has 0 atom stereocenters. The normalized spacial score (nSPS) is 11.5. The number of ether oxygens (including phenoxy) is 1. The predicted octanol–water partition coefficient (Wildman–Crippen LogP) is 0.0969. The Hall–Kier alpha value is -2.64. The van der Waals surface area contributed by atoms with Crippen molar-refractivity contribution in [1.82, 2.24) is 19.7 Å². The molecule has 0 bridgehead atoms. The first-order chi connectivity index (χ1) is 8.19. The second-order valence-corrected chi connectivity index (χ2v) is 3.15. The van der Waals surface area contributed by atoms with Gasteiger partial charge in [-0.2, -0.15) is 4.98 Å². The maximum Gasteiger partial charge on any atom is 0.342 e. The van der Waals surface area contributed by atoms with Gasteiger partial charge in [0.1, 0.15) is 12.0 Å². The lowest BCUT2D eigenvalue weighted by Gasteiger charge is -2.01. The van der Waals surface area contributed by atoms with Gasteiger partial charge in [-0.1, -0.05) is 11.2 Å². The van der Waals surface area contributed by atoms with Crippen LogP contribution in [0.1, 0.15) is 5.69 Å². The van der Waals surface area contributed by atoms with E-state index in [1.807, 2.05) is 0 Å². The zero-order chi connectivity index (χ0) is 12.3. The first kappa shape index (κ1) is 10.9. The average Bonchev–Trinajstić information content (AvgIpc) is 2.74. The maximum absolute atomic E-state index is 8.53. The van der Waals surface area contributed by atoms with Crippen molar-refractivity contribution in [2.24, 2.45) is 17.9 Å². The van der Waals surface area contributed by atoms with Gasteiger partial charge in [0.15, 0.2) is 5.84 Å². The molecular weight excluding hydrogens is 224 g/mol. The minimum absolute atomic E-state index is 0.0931. The van der Waals surface area contributed by atoms with Gasteiger partial charge in [-0.3, -0.25) is 4.68 Å². The number of pyridine rings is 1. The largest absolute Gasteiger partial charge is 0.409 e. The summed E-state index contributed by atoms with van der Waals surface area (Å²) >= 11 is 0. The van der Waals surface area contributed by atoms with Crippen LogP contribution < -0.4 is 10.5 Å². The van der Waals surface area contributed by atoms with Gasteiger partial charge in [-0.15, -0.1) is 5.10 Å². The van der Waals surface area contributed by atoms with E-state index in [2.05, 4.69) is 20.2 Å². The Labute approximate surface area is 96.4 Å². The van der Waals surface area contributed by atoms with Crippen molar-refractivity contribution in [3.8, 4) is 11.9 Å². The van der Waals surface area contributed by atoms with Crippen LogP contribution in [-0.4, -0.2) is 30.8 Å². The average molecular weight is 234 g/mol. The van der Waals surface area contributed by atoms with E-state index in [9.17, 15) is 0 Å². The number of aromatic nitrogens is 4. The molecule has 3 N–H and O–H groups in total. The summed E-state index contributed by atoms with van der Waals surface area (Å²) in [4.78, 5) is 7.91. The highest BCUT2D eigenvalue weighted by Crippen LogP contribution is 2.14. The monoisotopic (exact) mass is 234 g/mol. The molecule has 0 saturated heterocycles. The second kappa shape index (κ2) is 4.47. The molecule has 0 aromatic carbocycles. The van der Waals surface area contributed by atoms with Crippen LogP contribution in [0.4, 0.5) is 0 Å². The highest BCUT2D eigenvalue weighted by atomic mass is 16.5. The summed E-state index contributed by atoms with van der Waals surface area (Å²) in [6.07, 6.45) is 1.50. The summed E-state index contributed by atoms with van der Waals surface area (Å²) in [5, 5.41) is 15.3. The van der Waals surface area contributed by atoms with Gasteiger partial charge < -0.3 is 15.7 Å². The van der Waals surface area contributed by atoms with Crippen molar-refractivity contribution in [3.05, 3.63) is 30.2 Å². The molecule has 0 radical (unpaired) electrons. The summed E-state index contributed by atoms with van der Waals surface area (Å²) in [5.41, 5.74) is 5.71. The number of rotatable bonds is 3. The molecule has 0 fully saturated rings. The maximum atomic E-state index is 8.53. The summed E-state index contributed by atoms with van der Waals surface area (Å²) in [6.45, 7) is 0. The van der Waals surface area contributed by atoms with Crippen LogP contribution in [0.25, 0.3) is 0 Å². The van der Waals surface area contributed by atoms with Gasteiger partial charge >= 0.3 is 6.01 Å². The zero-order valence-corrected chi connectivity index (χ0v) is 8.98. The number of hydrogen-bond acceptors (Lipinski definition) is 6. The standard InChI is InChI=1S/C9H10N6O2/c1-15-5-11-9(13-15)17-7-4-2-3-6(12-7)8(10)14-16/h2-5,16H,1H3,(H2,10,14). The highest BCUT2D eigenvalue weighted by Gasteiger charge is 2.06. The van der Waals surface area contributed by atoms with Crippen molar-refractivity contribution in [1.29, 1.82) is 0 Å². The van der Waals surface area contributed by atoms with E-state index < -0.39 is 0 Å². The minimum atomic E-state index is -0.0931. The van der Waals surface area contributed by atoms with Crippen LogP contribution in [0.15, 0.2) is 29.7 Å². The number of aryl methyl sites for hydroxylation is 1. The van der Waals surface area contributed by atoms with Crippen LogP contribution >= 0.6 is 0 Å². The lowest BCUT2D eigenvalue weighted by Crippen LogP contribution is -2.14. The first-order valence-corrected chi connectivity index (χ1v) is 4.67. The number of nitrogens with two attached hydrogens (primary N) is 1. The van der Waals surface area contributed by atoms with Crippen molar-refractivity contribution in [2.75, 3.05) is 0 Å². The first-order valence-electron chi connectivity index (χ1n) is 4.67. The van der Waals surface area contributed by atoms with Crippen LogP contribution in [0.2, 0.25) is 0 Å². The van der Waals surface area contributed by atoms with E-state index in [0.29, 0.717) is 5.69 Å². The zero-order valence-electron chi connectivity index (χ0n) is 8.98. The predicted molar refractivity (Wildman–Crippen MR) is 57.8 cm³/mol. The van der Waals surface area contributed by atoms with E-state index in [0.717, 1.165) is 0 Å². The number of amidine groups is 1. The van der Waals surface area contributed by atoms with Crippen LogP contribution in [0, 0.1) is 0 Å². The fourth-order valence-corrected chi connectivity index (χ4v) is 1.13. The van der Waals surface area contributed by atoms with Crippen molar-refractivity contribution < 1.29 is 9.94 Å². The Morgan fingerprint density at radius 3 is 3.00 bits per heavy atom. The van der Waals surface area contributed by atoms with Gasteiger partial charge in [0.25, 0.3) is 0 Å². The SMILES string of the molecule is Cn1cnc(Oc2cccc(/C(N)=N/O)n2)n1. The molecule has 0 saturated carbocycles. The smallest absolute Gasteiger partial charge is 0.342 e. The molecule has 2 rings (SSSR count). The van der Waals surface area contributed by atoms with Gasteiger partial charge in [-0.25, -0.2) is 4.98 Å². The van der Waals surface area contributed by atoms with Crippen molar-refractivity contribution >= 4 is 5.84 Å². The molecule has 0 spiro atoms. The van der Waals surface area contributed by atoms with Gasteiger partial charge in [-0.05, 0) is 6.07 Å². The lowest BCUT2D eigenvalue weighted by molar-refractivity contribution is 0.318. The summed E-state index contributed by atoms with van der Waals surface area (Å²) in [7, 11) is 1.72. The molecule has 17 heavy (non-hydrogen) atoms. The molecule has 8 heteroatoms. The molecule has 2 aromatic heterocycles. The lowest BCUT2D eigenvalue weighted by atomic mass is 10.3. The van der Waals surface area contributed by atoms with Crippen molar-refractivity contribution in [2.45, 2.75) is 0 Å². The Morgan fingerprint density at radius 2 is 2.35 bits per heavy atom. The summed E-state index contributed by atoms with van der Waals surface area (Å²) in [5.74, 6) is 0.171. The topological polar surface area (TPSA) is 111 Å². The Balaban J connectivity index is 2.22. The van der Waals surface area contributed by atoms with E-state index in [1.165, 1.54) is 11.0 Å². The second-order valence-electron chi connectivity index (χ2n) is 3.15. The number of nitrogens with zero attached hydrogens (tertiary/aromatic N) is 5. The molecule has 88 valence electrons. The molecule has 0 aliphatic heterocycles. The number of oxime groups is 1. The highest BCUT2D eigenvalue weighted by molar-refractivity contribution is 5.95. The van der Waals surface area contributed by atoms with Gasteiger partial charge in [0, 0.05) is 13.1 Å². The van der Waals surface area contributed by atoms with Gasteiger partial charge in [0.2, 0.25) is 5.88 Å². The van der Waals surface area contributed by atoms with Crippen molar-refractivity contribution in [3.63, 3.8) is 0 Å². The van der Waals surface area contributed by atoms with E-state index in [1.54, 1.807) is 25.2 Å². The third-order valence-electron chi connectivity index (χ3n) is 1.87. The molecular formula is C9H10N6O2. The molecule has 8 nitrogen and oxygen atoms in total. The molecule has 0 aliphatic carbocycles.